The summed E-state index contributed by atoms with van der Waals surface area (Å²) in [6.45, 7) is 3.50. The van der Waals surface area contributed by atoms with Gasteiger partial charge in [0.15, 0.2) is 0 Å². The fraction of sp³-hybridized carbons (Fsp3) is 0.350. The topological polar surface area (TPSA) is 42.0 Å². The van der Waals surface area contributed by atoms with Crippen molar-refractivity contribution in [3.05, 3.63) is 59.4 Å². The van der Waals surface area contributed by atoms with Crippen molar-refractivity contribution in [3.8, 4) is 11.5 Å². The molecule has 26 heavy (non-hydrogen) atoms. The van der Waals surface area contributed by atoms with E-state index in [4.69, 9.17) is 9.47 Å². The van der Waals surface area contributed by atoms with Crippen molar-refractivity contribution in [1.82, 2.24) is 9.80 Å². The van der Waals surface area contributed by atoms with Gasteiger partial charge in [-0.1, -0.05) is 12.1 Å². The molecule has 2 aromatic rings. The van der Waals surface area contributed by atoms with Crippen LogP contribution in [0.25, 0.3) is 0 Å². The van der Waals surface area contributed by atoms with Crippen LogP contribution in [0.5, 0.6) is 11.5 Å². The lowest BCUT2D eigenvalue weighted by Gasteiger charge is -2.35. The van der Waals surface area contributed by atoms with Gasteiger partial charge in [0.25, 0.3) is 5.91 Å². The number of benzene rings is 2. The van der Waals surface area contributed by atoms with Gasteiger partial charge in [-0.05, 0) is 24.3 Å². The van der Waals surface area contributed by atoms with Crippen LogP contribution in [0, 0.1) is 5.82 Å². The summed E-state index contributed by atoms with van der Waals surface area (Å²) in [5.74, 6) is 1.05. The molecular formula is C20H23FN2O3. The third-order valence-electron chi connectivity index (χ3n) is 4.62. The summed E-state index contributed by atoms with van der Waals surface area (Å²) in [7, 11) is 3.27. The largest absolute Gasteiger partial charge is 0.497 e. The molecule has 0 spiro atoms. The predicted octanol–water partition coefficient (Wildman–Crippen LogP) is 2.80. The highest BCUT2D eigenvalue weighted by Gasteiger charge is 2.23. The van der Waals surface area contributed by atoms with Crippen molar-refractivity contribution in [3.63, 3.8) is 0 Å². The molecule has 1 aliphatic rings. The van der Waals surface area contributed by atoms with Crippen LogP contribution in [0.15, 0.2) is 42.5 Å². The molecule has 1 heterocycles. The van der Waals surface area contributed by atoms with E-state index >= 15 is 0 Å². The van der Waals surface area contributed by atoms with Crippen molar-refractivity contribution in [2.75, 3.05) is 40.4 Å². The minimum Gasteiger partial charge on any atom is -0.497 e. The Bertz CT molecular complexity index is 773. The van der Waals surface area contributed by atoms with Crippen molar-refractivity contribution in [1.29, 1.82) is 0 Å². The van der Waals surface area contributed by atoms with Gasteiger partial charge >= 0.3 is 0 Å². The Morgan fingerprint density at radius 3 is 2.46 bits per heavy atom. The van der Waals surface area contributed by atoms with Gasteiger partial charge in [0.2, 0.25) is 0 Å². The molecule has 5 nitrogen and oxygen atoms in total. The molecular weight excluding hydrogens is 335 g/mol. The first-order chi connectivity index (χ1) is 12.6. The highest BCUT2D eigenvalue weighted by Crippen LogP contribution is 2.26. The first-order valence-corrected chi connectivity index (χ1v) is 8.59. The first kappa shape index (κ1) is 18.2. The molecule has 1 amide bonds. The Morgan fingerprint density at radius 2 is 1.81 bits per heavy atom. The smallest absolute Gasteiger partial charge is 0.254 e. The van der Waals surface area contributed by atoms with Crippen LogP contribution in [0.1, 0.15) is 15.9 Å². The van der Waals surface area contributed by atoms with Crippen molar-refractivity contribution >= 4 is 5.91 Å². The number of amides is 1. The van der Waals surface area contributed by atoms with Crippen LogP contribution in [0.4, 0.5) is 4.39 Å². The monoisotopic (exact) mass is 358 g/mol. The number of halogens is 1. The summed E-state index contributed by atoms with van der Waals surface area (Å²) in [6.07, 6.45) is 0. The highest BCUT2D eigenvalue weighted by atomic mass is 19.1. The molecule has 138 valence electrons. The zero-order chi connectivity index (χ0) is 18.5. The second-order valence-corrected chi connectivity index (χ2v) is 6.26. The van der Waals surface area contributed by atoms with E-state index in [0.717, 1.165) is 36.7 Å². The SMILES string of the molecule is COc1ccc(CN2CCN(C(=O)c3cccc(F)c3)CC2)c(OC)c1. The van der Waals surface area contributed by atoms with E-state index in [2.05, 4.69) is 4.90 Å². The molecule has 6 heteroatoms. The molecule has 0 aromatic heterocycles. The summed E-state index contributed by atoms with van der Waals surface area (Å²) in [5.41, 5.74) is 1.48. The van der Waals surface area contributed by atoms with Gasteiger partial charge in [0.05, 0.1) is 14.2 Å². The quantitative estimate of drug-likeness (QED) is 0.824. The van der Waals surface area contributed by atoms with Crippen LogP contribution in [-0.2, 0) is 6.54 Å². The summed E-state index contributed by atoms with van der Waals surface area (Å²) in [6, 6.07) is 11.6. The maximum atomic E-state index is 13.3. The van der Waals surface area contributed by atoms with Crippen molar-refractivity contribution < 1.29 is 18.7 Å². The average Bonchev–Trinajstić information content (AvgIpc) is 2.68. The molecule has 2 aromatic carbocycles. The van der Waals surface area contributed by atoms with Crippen LogP contribution >= 0.6 is 0 Å². The number of piperazine rings is 1. The second-order valence-electron chi connectivity index (χ2n) is 6.26. The summed E-state index contributed by atoms with van der Waals surface area (Å²) >= 11 is 0. The molecule has 0 aliphatic carbocycles. The Morgan fingerprint density at radius 1 is 1.04 bits per heavy atom. The Balaban J connectivity index is 1.60. The lowest BCUT2D eigenvalue weighted by atomic mass is 10.1. The number of carbonyl (C=O) groups excluding carboxylic acids is 1. The van der Waals surface area contributed by atoms with Crippen molar-refractivity contribution in [2.24, 2.45) is 0 Å². The summed E-state index contributed by atoms with van der Waals surface area (Å²) in [4.78, 5) is 16.5. The van der Waals surface area contributed by atoms with E-state index in [-0.39, 0.29) is 11.7 Å². The number of nitrogens with zero attached hydrogens (tertiary/aromatic N) is 2. The van der Waals surface area contributed by atoms with Gasteiger partial charge in [-0.15, -0.1) is 0 Å². The average molecular weight is 358 g/mol. The standard InChI is InChI=1S/C20H23FN2O3/c1-25-18-7-6-16(19(13-18)26-2)14-22-8-10-23(11-9-22)20(24)15-4-3-5-17(21)12-15/h3-7,12-13H,8-11,14H2,1-2H3. The zero-order valence-electron chi connectivity index (χ0n) is 15.1. The molecule has 1 aliphatic heterocycles. The summed E-state index contributed by atoms with van der Waals surface area (Å²) in [5, 5.41) is 0. The normalized spacial score (nSPS) is 15.0. The molecule has 0 bridgehead atoms. The molecule has 1 saturated heterocycles. The van der Waals surface area contributed by atoms with Crippen LogP contribution in [-0.4, -0.2) is 56.1 Å². The van der Waals surface area contributed by atoms with E-state index in [0.29, 0.717) is 18.7 Å². The Kier molecular flexibility index (Phi) is 5.73. The maximum absolute atomic E-state index is 13.3. The lowest BCUT2D eigenvalue weighted by Crippen LogP contribution is -2.48. The van der Waals surface area contributed by atoms with Gasteiger partial charge in [-0.25, -0.2) is 4.39 Å². The fourth-order valence-corrected chi connectivity index (χ4v) is 3.14. The van der Waals surface area contributed by atoms with E-state index in [1.807, 2.05) is 18.2 Å². The highest BCUT2D eigenvalue weighted by molar-refractivity contribution is 5.94. The molecule has 1 fully saturated rings. The number of hydrogen-bond donors (Lipinski definition) is 0. The van der Waals surface area contributed by atoms with E-state index in [9.17, 15) is 9.18 Å². The summed E-state index contributed by atoms with van der Waals surface area (Å²) < 4.78 is 24.0. The third-order valence-corrected chi connectivity index (χ3v) is 4.62. The molecule has 0 unspecified atom stereocenters. The van der Waals surface area contributed by atoms with Gasteiger partial charge < -0.3 is 14.4 Å². The van der Waals surface area contributed by atoms with Crippen molar-refractivity contribution in [2.45, 2.75) is 6.54 Å². The van der Waals surface area contributed by atoms with E-state index in [1.165, 1.54) is 12.1 Å². The van der Waals surface area contributed by atoms with Crippen LogP contribution in [0.3, 0.4) is 0 Å². The molecule has 3 rings (SSSR count). The lowest BCUT2D eigenvalue weighted by molar-refractivity contribution is 0.0627. The van der Waals surface area contributed by atoms with Crippen LogP contribution in [0.2, 0.25) is 0 Å². The van der Waals surface area contributed by atoms with Gasteiger partial charge in [-0.2, -0.15) is 0 Å². The van der Waals surface area contributed by atoms with Gasteiger partial charge in [-0.3, -0.25) is 9.69 Å². The zero-order valence-corrected chi connectivity index (χ0v) is 15.1. The maximum Gasteiger partial charge on any atom is 0.254 e. The molecule has 0 radical (unpaired) electrons. The van der Waals surface area contributed by atoms with Crippen LogP contribution < -0.4 is 9.47 Å². The molecule has 0 saturated carbocycles. The van der Waals surface area contributed by atoms with Gasteiger partial charge in [0.1, 0.15) is 17.3 Å². The number of methoxy groups -OCH3 is 2. The number of hydrogen-bond acceptors (Lipinski definition) is 4. The Labute approximate surface area is 152 Å². The minimum absolute atomic E-state index is 0.119. The molecule has 0 N–H and O–H groups in total. The number of carbonyl (C=O) groups is 1. The predicted molar refractivity (Wildman–Crippen MR) is 97.1 cm³/mol. The van der Waals surface area contributed by atoms with Gasteiger partial charge in [0, 0.05) is 49.9 Å². The van der Waals surface area contributed by atoms with E-state index in [1.54, 1.807) is 31.3 Å². The number of rotatable bonds is 5. The van der Waals surface area contributed by atoms with E-state index < -0.39 is 0 Å². The second kappa shape index (κ2) is 8.19. The minimum atomic E-state index is -0.388. The number of ether oxygens (including phenoxy) is 2. The first-order valence-electron chi connectivity index (χ1n) is 8.59. The molecule has 0 atom stereocenters. The third kappa shape index (κ3) is 4.14. The fourth-order valence-electron chi connectivity index (χ4n) is 3.14. The Hall–Kier alpha value is -2.60.